The number of benzene rings is 2. The van der Waals surface area contributed by atoms with Crippen molar-refractivity contribution < 1.29 is 9.53 Å². The van der Waals surface area contributed by atoms with E-state index in [1.807, 2.05) is 55.5 Å². The largest absolute Gasteiger partial charge is 0.484 e. The highest BCUT2D eigenvalue weighted by Gasteiger charge is 2.21. The molecule has 5 heteroatoms. The zero-order valence-corrected chi connectivity index (χ0v) is 16.4. The van der Waals surface area contributed by atoms with Crippen LogP contribution >= 0.6 is 11.6 Å². The van der Waals surface area contributed by atoms with Crippen molar-refractivity contribution in [3.63, 3.8) is 0 Å². The van der Waals surface area contributed by atoms with E-state index in [4.69, 9.17) is 16.3 Å². The van der Waals surface area contributed by atoms with Gasteiger partial charge < -0.3 is 10.1 Å². The van der Waals surface area contributed by atoms with E-state index in [0.717, 1.165) is 29.2 Å². The third kappa shape index (κ3) is 5.75. The third-order valence-corrected chi connectivity index (χ3v) is 4.75. The average molecular weight is 375 g/mol. The van der Waals surface area contributed by atoms with E-state index in [0.29, 0.717) is 12.3 Å². The molecule has 0 saturated carbocycles. The van der Waals surface area contributed by atoms with Gasteiger partial charge in [-0.3, -0.25) is 9.69 Å². The molecule has 0 fully saturated rings. The van der Waals surface area contributed by atoms with E-state index >= 15 is 0 Å². The van der Waals surface area contributed by atoms with E-state index in [1.54, 1.807) is 0 Å². The summed E-state index contributed by atoms with van der Waals surface area (Å²) in [6, 6.07) is 15.5. The summed E-state index contributed by atoms with van der Waals surface area (Å²) in [7, 11) is 0. The van der Waals surface area contributed by atoms with Crippen LogP contribution in [0.3, 0.4) is 0 Å². The molecule has 1 N–H and O–H groups in total. The molecule has 0 saturated heterocycles. The van der Waals surface area contributed by atoms with Gasteiger partial charge in [-0.25, -0.2) is 0 Å². The Morgan fingerprint density at radius 3 is 2.38 bits per heavy atom. The van der Waals surface area contributed by atoms with Gasteiger partial charge in [0.2, 0.25) is 0 Å². The molecule has 0 aliphatic heterocycles. The van der Waals surface area contributed by atoms with Crippen LogP contribution in [0.15, 0.2) is 48.5 Å². The molecule has 0 spiro atoms. The summed E-state index contributed by atoms with van der Waals surface area (Å²) >= 11 is 6.38. The van der Waals surface area contributed by atoms with Gasteiger partial charge in [0, 0.05) is 11.6 Å². The Balaban J connectivity index is 1.96. The third-order valence-electron chi connectivity index (χ3n) is 4.40. The molecule has 2 rings (SSSR count). The number of amides is 1. The van der Waals surface area contributed by atoms with Crippen molar-refractivity contribution in [3.8, 4) is 5.75 Å². The first-order chi connectivity index (χ1) is 12.5. The molecule has 0 heterocycles. The monoisotopic (exact) mass is 374 g/mol. The molecule has 0 aromatic heterocycles. The molecule has 140 valence electrons. The van der Waals surface area contributed by atoms with Crippen LogP contribution in [0.5, 0.6) is 5.75 Å². The fraction of sp³-hybridized carbons (Fsp3) is 0.381. The van der Waals surface area contributed by atoms with Crippen LogP contribution in [0.25, 0.3) is 0 Å². The molecule has 4 nitrogen and oxygen atoms in total. The number of likely N-dealkylation sites (N-methyl/N-ethyl adjacent to an activating group) is 1. The highest BCUT2D eigenvalue weighted by molar-refractivity contribution is 6.31. The second kappa shape index (κ2) is 10.2. The first kappa shape index (κ1) is 20.3. The summed E-state index contributed by atoms with van der Waals surface area (Å²) in [5.41, 5.74) is 2.18. The van der Waals surface area contributed by atoms with Gasteiger partial charge in [0.05, 0.1) is 6.04 Å². The van der Waals surface area contributed by atoms with Gasteiger partial charge in [-0.2, -0.15) is 0 Å². The number of rotatable bonds is 9. The quantitative estimate of drug-likeness (QED) is 0.714. The molecule has 0 unspecified atom stereocenters. The Kier molecular flexibility index (Phi) is 7.95. The maximum Gasteiger partial charge on any atom is 0.258 e. The molecular formula is C21H27ClN2O2. The lowest BCUT2D eigenvalue weighted by Crippen LogP contribution is -2.39. The number of hydrogen-bond acceptors (Lipinski definition) is 3. The van der Waals surface area contributed by atoms with Crippen LogP contribution in [-0.4, -0.2) is 37.0 Å². The van der Waals surface area contributed by atoms with Crippen LogP contribution in [0.2, 0.25) is 5.02 Å². The highest BCUT2D eigenvalue weighted by Crippen LogP contribution is 2.26. The summed E-state index contributed by atoms with van der Waals surface area (Å²) in [4.78, 5) is 14.5. The lowest BCUT2D eigenvalue weighted by atomic mass is 10.0. The maximum atomic E-state index is 12.2. The number of nitrogens with one attached hydrogen (secondary N) is 1. The van der Waals surface area contributed by atoms with E-state index in [-0.39, 0.29) is 18.6 Å². The van der Waals surface area contributed by atoms with E-state index in [1.165, 1.54) is 0 Å². The lowest BCUT2D eigenvalue weighted by molar-refractivity contribution is -0.123. The Labute approximate surface area is 161 Å². The smallest absolute Gasteiger partial charge is 0.258 e. The minimum atomic E-state index is -0.144. The molecule has 0 radical (unpaired) electrons. The topological polar surface area (TPSA) is 41.6 Å². The van der Waals surface area contributed by atoms with Gasteiger partial charge in [0.15, 0.2) is 6.61 Å². The van der Waals surface area contributed by atoms with E-state index < -0.39 is 0 Å². The van der Waals surface area contributed by atoms with Crippen molar-refractivity contribution in [2.75, 3.05) is 26.2 Å². The Morgan fingerprint density at radius 2 is 1.77 bits per heavy atom. The molecular weight excluding hydrogens is 348 g/mol. The number of aryl methyl sites for hydroxylation is 1. The van der Waals surface area contributed by atoms with Crippen LogP contribution in [0.1, 0.15) is 31.0 Å². The summed E-state index contributed by atoms with van der Waals surface area (Å²) in [5, 5.41) is 3.69. The first-order valence-corrected chi connectivity index (χ1v) is 9.37. The van der Waals surface area contributed by atoms with Gasteiger partial charge in [-0.15, -0.1) is 0 Å². The number of nitrogens with zero attached hydrogens (tertiary/aromatic N) is 1. The molecule has 26 heavy (non-hydrogen) atoms. The fourth-order valence-corrected chi connectivity index (χ4v) is 3.15. The first-order valence-electron chi connectivity index (χ1n) is 8.99. The molecule has 0 aliphatic rings. The number of ether oxygens (including phenoxy) is 1. The van der Waals surface area contributed by atoms with Crippen LogP contribution in [0, 0.1) is 6.92 Å². The van der Waals surface area contributed by atoms with Crippen LogP contribution in [-0.2, 0) is 4.79 Å². The molecule has 1 amide bonds. The Morgan fingerprint density at radius 1 is 1.12 bits per heavy atom. The number of halogens is 1. The SMILES string of the molecule is CCN(CC)[C@H](CNC(=O)COc1ccc(C)cc1)c1ccccc1Cl. The zero-order chi connectivity index (χ0) is 18.9. The van der Waals surface area contributed by atoms with Crippen molar-refractivity contribution in [1.82, 2.24) is 10.2 Å². The average Bonchev–Trinajstić information content (AvgIpc) is 2.65. The summed E-state index contributed by atoms with van der Waals surface area (Å²) < 4.78 is 5.55. The number of carbonyl (C=O) groups excluding carboxylic acids is 1. The molecule has 1 atom stereocenters. The van der Waals surface area contributed by atoms with E-state index in [9.17, 15) is 4.79 Å². The Hall–Kier alpha value is -2.04. The standard InChI is InChI=1S/C21H27ClN2O2/c1-4-24(5-2)20(18-8-6-7-9-19(18)22)14-23-21(25)15-26-17-12-10-16(3)11-13-17/h6-13,20H,4-5,14-15H2,1-3H3,(H,23,25)/t20-/m1/s1. The Bertz CT molecular complexity index is 699. The predicted octanol–water partition coefficient (Wildman–Crippen LogP) is 4.23. The molecule has 2 aromatic rings. The number of carbonyl (C=O) groups is 1. The normalized spacial score (nSPS) is 12.0. The molecule has 0 aliphatic carbocycles. The van der Waals surface area contributed by atoms with Crippen LogP contribution in [0.4, 0.5) is 0 Å². The molecule has 0 bridgehead atoms. The number of hydrogen-bond donors (Lipinski definition) is 1. The van der Waals surface area contributed by atoms with Crippen molar-refractivity contribution in [2.24, 2.45) is 0 Å². The predicted molar refractivity (Wildman–Crippen MR) is 107 cm³/mol. The van der Waals surface area contributed by atoms with Crippen molar-refractivity contribution in [3.05, 3.63) is 64.7 Å². The highest BCUT2D eigenvalue weighted by atomic mass is 35.5. The van der Waals surface area contributed by atoms with Crippen molar-refractivity contribution in [1.29, 1.82) is 0 Å². The van der Waals surface area contributed by atoms with Gasteiger partial charge in [0.25, 0.3) is 5.91 Å². The molecule has 2 aromatic carbocycles. The second-order valence-corrected chi connectivity index (χ2v) is 6.57. The second-order valence-electron chi connectivity index (χ2n) is 6.16. The van der Waals surface area contributed by atoms with Gasteiger partial charge in [-0.05, 0) is 43.8 Å². The van der Waals surface area contributed by atoms with Crippen molar-refractivity contribution in [2.45, 2.75) is 26.8 Å². The summed E-state index contributed by atoms with van der Waals surface area (Å²) in [6.45, 7) is 8.46. The summed E-state index contributed by atoms with van der Waals surface area (Å²) in [5.74, 6) is 0.548. The maximum absolute atomic E-state index is 12.2. The van der Waals surface area contributed by atoms with Crippen molar-refractivity contribution >= 4 is 17.5 Å². The van der Waals surface area contributed by atoms with Crippen LogP contribution < -0.4 is 10.1 Å². The van der Waals surface area contributed by atoms with Gasteiger partial charge >= 0.3 is 0 Å². The fourth-order valence-electron chi connectivity index (χ4n) is 2.89. The van der Waals surface area contributed by atoms with E-state index in [2.05, 4.69) is 24.1 Å². The minimum Gasteiger partial charge on any atom is -0.484 e. The lowest BCUT2D eigenvalue weighted by Gasteiger charge is -2.30. The van der Waals surface area contributed by atoms with Gasteiger partial charge in [-0.1, -0.05) is 61.3 Å². The zero-order valence-electron chi connectivity index (χ0n) is 15.7. The minimum absolute atomic E-state index is 0.00342. The van der Waals surface area contributed by atoms with Gasteiger partial charge in [0.1, 0.15) is 5.75 Å². The summed E-state index contributed by atoms with van der Waals surface area (Å²) in [6.07, 6.45) is 0.